The van der Waals surface area contributed by atoms with Gasteiger partial charge < -0.3 is 15.9 Å². The van der Waals surface area contributed by atoms with E-state index >= 15 is 0 Å². The minimum Gasteiger partial charge on any atom is -0.455 e. The average Bonchev–Trinajstić information content (AvgIpc) is 2.73. The maximum atomic E-state index is 5.59. The number of furan rings is 1. The fraction of sp³-hybridized carbons (Fsp3) is 0.400. The number of guanidine groups is 1. The molecule has 5 nitrogen and oxygen atoms in total. The van der Waals surface area contributed by atoms with Crippen molar-refractivity contribution in [3.8, 4) is 0 Å². The first-order valence-corrected chi connectivity index (χ1v) is 4.94. The summed E-state index contributed by atoms with van der Waals surface area (Å²) < 4.78 is 5.59. The molecule has 0 unspecified atom stereocenters. The summed E-state index contributed by atoms with van der Waals surface area (Å²) in [4.78, 5) is 0. The zero-order valence-electron chi connectivity index (χ0n) is 8.60. The standard InChI is InChI=1S/C10H14N4O/c1-6-4-8(6)9-3-2-7(15-9)5-13-14-10(11)12/h2-3,5-6,8H,4H2,1H3,(H4,11,12,14)/p+1/b13-5+/t6-,8-/m0/s1. The summed E-state index contributed by atoms with van der Waals surface area (Å²) in [5.74, 6) is 3.10. The summed E-state index contributed by atoms with van der Waals surface area (Å²) in [5, 5.41) is 6.22. The van der Waals surface area contributed by atoms with Crippen molar-refractivity contribution in [2.45, 2.75) is 19.3 Å². The van der Waals surface area contributed by atoms with Crippen molar-refractivity contribution in [1.29, 1.82) is 0 Å². The van der Waals surface area contributed by atoms with Gasteiger partial charge in [0.25, 0.3) is 5.96 Å². The number of hydrogen-bond acceptors (Lipinski definition) is 2. The lowest BCUT2D eigenvalue weighted by molar-refractivity contribution is -0.457. The molecule has 15 heavy (non-hydrogen) atoms. The van der Waals surface area contributed by atoms with Crippen LogP contribution in [-0.2, 0) is 0 Å². The highest BCUT2D eigenvalue weighted by Crippen LogP contribution is 2.47. The molecule has 1 aliphatic rings. The fourth-order valence-electron chi connectivity index (χ4n) is 1.53. The van der Waals surface area contributed by atoms with Crippen LogP contribution >= 0.6 is 0 Å². The molecule has 80 valence electrons. The van der Waals surface area contributed by atoms with Gasteiger partial charge in [0.15, 0.2) is 5.76 Å². The zero-order chi connectivity index (χ0) is 10.8. The van der Waals surface area contributed by atoms with Gasteiger partial charge in [0, 0.05) is 11.0 Å². The SMILES string of the molecule is C[C@H]1C[C@@H]1c1ccc(/C=[NH+]/N=C(N)N)o1. The van der Waals surface area contributed by atoms with Crippen molar-refractivity contribution in [2.24, 2.45) is 22.5 Å². The number of rotatable bonds is 3. The van der Waals surface area contributed by atoms with Crippen LogP contribution in [0.1, 0.15) is 30.8 Å². The van der Waals surface area contributed by atoms with E-state index in [2.05, 4.69) is 17.1 Å². The molecule has 0 saturated heterocycles. The van der Waals surface area contributed by atoms with Gasteiger partial charge in [-0.1, -0.05) is 12.0 Å². The smallest absolute Gasteiger partial charge is 0.256 e. The molecule has 0 spiro atoms. The average molecular weight is 207 g/mol. The molecule has 1 aliphatic carbocycles. The van der Waals surface area contributed by atoms with E-state index in [1.165, 1.54) is 6.42 Å². The molecule has 1 aromatic heterocycles. The molecule has 1 heterocycles. The topological polar surface area (TPSA) is 91.5 Å². The van der Waals surface area contributed by atoms with Crippen LogP contribution in [-0.4, -0.2) is 12.2 Å². The van der Waals surface area contributed by atoms with E-state index in [1.54, 1.807) is 6.21 Å². The van der Waals surface area contributed by atoms with Crippen LogP contribution in [0.5, 0.6) is 0 Å². The monoisotopic (exact) mass is 207 g/mol. The van der Waals surface area contributed by atoms with Crippen LogP contribution < -0.4 is 16.6 Å². The Labute approximate surface area is 87.9 Å². The number of nitrogens with one attached hydrogen (secondary N) is 1. The van der Waals surface area contributed by atoms with Gasteiger partial charge >= 0.3 is 0 Å². The van der Waals surface area contributed by atoms with E-state index in [1.807, 2.05) is 12.1 Å². The fourth-order valence-corrected chi connectivity index (χ4v) is 1.53. The predicted molar refractivity (Wildman–Crippen MR) is 57.2 cm³/mol. The van der Waals surface area contributed by atoms with Crippen molar-refractivity contribution < 1.29 is 9.52 Å². The molecule has 2 atom stereocenters. The highest BCUT2D eigenvalue weighted by atomic mass is 16.3. The van der Waals surface area contributed by atoms with Crippen LogP contribution in [0.4, 0.5) is 0 Å². The van der Waals surface area contributed by atoms with Crippen molar-refractivity contribution in [3.05, 3.63) is 23.7 Å². The molecule has 0 aliphatic heterocycles. The Morgan fingerprint density at radius 2 is 2.33 bits per heavy atom. The van der Waals surface area contributed by atoms with E-state index in [9.17, 15) is 0 Å². The Hall–Kier alpha value is -1.78. The normalized spacial score (nSPS) is 24.3. The van der Waals surface area contributed by atoms with Gasteiger partial charge in [0.1, 0.15) is 5.76 Å². The summed E-state index contributed by atoms with van der Waals surface area (Å²) in [5.41, 5.74) is 10.3. The molecule has 1 aromatic rings. The van der Waals surface area contributed by atoms with E-state index in [-0.39, 0.29) is 5.96 Å². The van der Waals surface area contributed by atoms with Gasteiger partial charge in [-0.3, -0.25) is 0 Å². The number of nitrogens with zero attached hydrogens (tertiary/aromatic N) is 1. The maximum absolute atomic E-state index is 5.59. The molecule has 1 fully saturated rings. The van der Waals surface area contributed by atoms with E-state index < -0.39 is 0 Å². The third kappa shape index (κ3) is 2.37. The first kappa shape index (κ1) is 9.76. The van der Waals surface area contributed by atoms with Gasteiger partial charge in [-0.2, -0.15) is 0 Å². The number of nitrogens with two attached hydrogens (primary N) is 2. The van der Waals surface area contributed by atoms with Crippen molar-refractivity contribution >= 4 is 12.2 Å². The minimum atomic E-state index is -0.00570. The Balaban J connectivity index is 2.01. The second-order valence-electron chi connectivity index (χ2n) is 3.87. The lowest BCUT2D eigenvalue weighted by Crippen LogP contribution is -2.63. The van der Waals surface area contributed by atoms with Crippen molar-refractivity contribution in [3.63, 3.8) is 0 Å². The summed E-state index contributed by atoms with van der Waals surface area (Å²) in [7, 11) is 0. The number of hydrazone groups is 1. The molecule has 1 saturated carbocycles. The largest absolute Gasteiger partial charge is 0.455 e. The van der Waals surface area contributed by atoms with Crippen LogP contribution in [0.15, 0.2) is 21.7 Å². The maximum Gasteiger partial charge on any atom is 0.256 e. The first-order chi connectivity index (χ1) is 7.16. The van der Waals surface area contributed by atoms with Crippen LogP contribution in [0.3, 0.4) is 0 Å². The molecule has 2 rings (SSSR count). The second kappa shape index (κ2) is 3.76. The molecular weight excluding hydrogens is 192 g/mol. The van der Waals surface area contributed by atoms with Crippen LogP contribution in [0, 0.1) is 5.92 Å². The lowest BCUT2D eigenvalue weighted by atomic mass is 10.3. The predicted octanol–water partition coefficient (Wildman–Crippen LogP) is -0.909. The second-order valence-corrected chi connectivity index (χ2v) is 3.87. The van der Waals surface area contributed by atoms with Gasteiger partial charge in [-0.05, 0) is 24.5 Å². The first-order valence-electron chi connectivity index (χ1n) is 4.94. The van der Waals surface area contributed by atoms with Crippen molar-refractivity contribution in [1.82, 2.24) is 0 Å². The Kier molecular flexibility index (Phi) is 2.45. The quantitative estimate of drug-likeness (QED) is 0.340. The third-order valence-electron chi connectivity index (χ3n) is 2.52. The number of hydrogen-bond donors (Lipinski definition) is 3. The molecule has 5 N–H and O–H groups in total. The molecule has 0 amide bonds. The Morgan fingerprint density at radius 1 is 1.60 bits per heavy atom. The molecular formula is C10H15N4O+. The highest BCUT2D eigenvalue weighted by molar-refractivity contribution is 5.75. The lowest BCUT2D eigenvalue weighted by Gasteiger charge is -1.88. The highest BCUT2D eigenvalue weighted by Gasteiger charge is 2.36. The summed E-state index contributed by atoms with van der Waals surface area (Å²) in [6.45, 7) is 2.22. The summed E-state index contributed by atoms with van der Waals surface area (Å²) >= 11 is 0. The molecule has 0 radical (unpaired) electrons. The summed E-state index contributed by atoms with van der Waals surface area (Å²) in [6, 6.07) is 3.90. The molecule has 5 heteroatoms. The van der Waals surface area contributed by atoms with Gasteiger partial charge in [-0.25, -0.2) is 0 Å². The van der Waals surface area contributed by atoms with Gasteiger partial charge in [-0.15, -0.1) is 0 Å². The van der Waals surface area contributed by atoms with E-state index in [4.69, 9.17) is 15.9 Å². The third-order valence-corrected chi connectivity index (χ3v) is 2.52. The van der Waals surface area contributed by atoms with E-state index in [0.29, 0.717) is 5.92 Å². The Bertz CT molecular complexity index is 403. The molecule has 0 aromatic carbocycles. The van der Waals surface area contributed by atoms with Crippen molar-refractivity contribution in [2.75, 3.05) is 0 Å². The minimum absolute atomic E-state index is 0.00570. The van der Waals surface area contributed by atoms with Crippen LogP contribution in [0.25, 0.3) is 0 Å². The van der Waals surface area contributed by atoms with Crippen LogP contribution in [0.2, 0.25) is 0 Å². The van der Waals surface area contributed by atoms with E-state index in [0.717, 1.165) is 17.4 Å². The Morgan fingerprint density at radius 3 is 2.93 bits per heavy atom. The van der Waals surface area contributed by atoms with Gasteiger partial charge in [0.05, 0.1) is 0 Å². The van der Waals surface area contributed by atoms with Gasteiger partial charge in [0.2, 0.25) is 6.21 Å². The summed E-state index contributed by atoms with van der Waals surface area (Å²) in [6.07, 6.45) is 2.84. The zero-order valence-corrected chi connectivity index (χ0v) is 8.60. The molecule has 0 bridgehead atoms.